The van der Waals surface area contributed by atoms with Gasteiger partial charge in [-0.3, -0.25) is 9.59 Å². The van der Waals surface area contributed by atoms with Crippen molar-refractivity contribution in [1.82, 2.24) is 5.32 Å². The average molecular weight is 302 g/mol. The first-order valence-electron chi connectivity index (χ1n) is 6.56. The van der Waals surface area contributed by atoms with Gasteiger partial charge in [0.1, 0.15) is 11.6 Å². The number of carbonyl (C=O) groups is 2. The minimum atomic E-state index is -0.811. The fraction of sp³-hybridized carbons (Fsp3) is 0.125. The van der Waals surface area contributed by atoms with Crippen molar-refractivity contribution in [2.75, 3.05) is 12.4 Å². The minimum Gasteiger partial charge on any atom is -0.497 e. The third-order valence-corrected chi connectivity index (χ3v) is 2.90. The molecule has 0 bridgehead atoms. The van der Waals surface area contributed by atoms with Crippen LogP contribution in [0.5, 0.6) is 5.75 Å². The number of anilines is 1. The van der Waals surface area contributed by atoms with Crippen molar-refractivity contribution in [3.05, 3.63) is 59.9 Å². The van der Waals surface area contributed by atoms with Gasteiger partial charge < -0.3 is 15.4 Å². The fourth-order valence-corrected chi connectivity index (χ4v) is 1.77. The summed E-state index contributed by atoms with van der Waals surface area (Å²) in [5.41, 5.74) is 1.16. The van der Waals surface area contributed by atoms with Crippen LogP contribution in [0.2, 0.25) is 0 Å². The number of nitrogens with one attached hydrogen (secondary N) is 2. The van der Waals surface area contributed by atoms with E-state index in [9.17, 15) is 14.0 Å². The number of carbonyl (C=O) groups excluding carboxylic acids is 2. The number of benzene rings is 2. The Hall–Kier alpha value is -2.89. The molecule has 2 amide bonds. The molecule has 114 valence electrons. The number of amides is 2. The molecular weight excluding hydrogens is 287 g/mol. The maximum Gasteiger partial charge on any atom is 0.313 e. The van der Waals surface area contributed by atoms with Crippen LogP contribution in [0.4, 0.5) is 10.1 Å². The van der Waals surface area contributed by atoms with Gasteiger partial charge in [0.25, 0.3) is 0 Å². The van der Waals surface area contributed by atoms with E-state index < -0.39 is 17.6 Å². The van der Waals surface area contributed by atoms with Gasteiger partial charge in [-0.25, -0.2) is 4.39 Å². The quantitative estimate of drug-likeness (QED) is 0.850. The summed E-state index contributed by atoms with van der Waals surface area (Å²) in [5.74, 6) is -1.33. The largest absolute Gasteiger partial charge is 0.497 e. The number of hydrogen-bond donors (Lipinski definition) is 2. The Morgan fingerprint density at radius 1 is 1.09 bits per heavy atom. The minimum absolute atomic E-state index is 0.201. The standard InChI is InChI=1S/C16H15FN2O3/c1-22-14-4-2-3-11(9-14)10-18-15(20)16(21)19-13-7-5-12(17)6-8-13/h2-9H,10H2,1H3,(H,18,20)(H,19,21). The number of hydrogen-bond acceptors (Lipinski definition) is 3. The molecule has 0 spiro atoms. The molecule has 22 heavy (non-hydrogen) atoms. The van der Waals surface area contributed by atoms with Crippen LogP contribution in [0.3, 0.4) is 0 Å². The van der Waals surface area contributed by atoms with Gasteiger partial charge in [0.15, 0.2) is 0 Å². The molecule has 6 heteroatoms. The summed E-state index contributed by atoms with van der Waals surface area (Å²) in [5, 5.41) is 4.89. The van der Waals surface area contributed by atoms with Crippen LogP contribution in [0, 0.1) is 5.82 Å². The van der Waals surface area contributed by atoms with Crippen molar-refractivity contribution in [3.63, 3.8) is 0 Å². The first kappa shape index (κ1) is 15.5. The third-order valence-electron chi connectivity index (χ3n) is 2.90. The van der Waals surface area contributed by atoms with Gasteiger partial charge in [0.05, 0.1) is 7.11 Å². The lowest BCUT2D eigenvalue weighted by Gasteiger charge is -2.07. The number of rotatable bonds is 4. The van der Waals surface area contributed by atoms with Crippen LogP contribution < -0.4 is 15.4 Å². The van der Waals surface area contributed by atoms with E-state index >= 15 is 0 Å². The molecule has 2 aromatic carbocycles. The van der Waals surface area contributed by atoms with Crippen molar-refractivity contribution in [1.29, 1.82) is 0 Å². The van der Waals surface area contributed by atoms with Crippen LogP contribution in [0.25, 0.3) is 0 Å². The summed E-state index contributed by atoms with van der Waals surface area (Å²) in [6, 6.07) is 12.3. The van der Waals surface area contributed by atoms with E-state index in [0.29, 0.717) is 11.4 Å². The van der Waals surface area contributed by atoms with E-state index in [-0.39, 0.29) is 6.54 Å². The molecule has 0 saturated heterocycles. The van der Waals surface area contributed by atoms with E-state index in [4.69, 9.17) is 4.74 Å². The molecule has 0 aliphatic rings. The van der Waals surface area contributed by atoms with Gasteiger partial charge in [-0.2, -0.15) is 0 Å². The molecule has 0 heterocycles. The first-order valence-corrected chi connectivity index (χ1v) is 6.56. The Balaban J connectivity index is 1.88. The van der Waals surface area contributed by atoms with Crippen molar-refractivity contribution in [2.45, 2.75) is 6.54 Å². The number of ether oxygens (including phenoxy) is 1. The van der Waals surface area contributed by atoms with E-state index in [0.717, 1.165) is 5.56 Å². The SMILES string of the molecule is COc1cccc(CNC(=O)C(=O)Nc2ccc(F)cc2)c1. The molecule has 0 fully saturated rings. The van der Waals surface area contributed by atoms with E-state index in [1.54, 1.807) is 31.4 Å². The van der Waals surface area contributed by atoms with Crippen LogP contribution in [0.1, 0.15) is 5.56 Å². The molecule has 2 rings (SSSR count). The van der Waals surface area contributed by atoms with Gasteiger partial charge in [-0.1, -0.05) is 12.1 Å². The normalized spacial score (nSPS) is 9.91. The van der Waals surface area contributed by atoms with Crippen LogP contribution in [0.15, 0.2) is 48.5 Å². The van der Waals surface area contributed by atoms with Gasteiger partial charge in [0.2, 0.25) is 0 Å². The molecule has 0 aliphatic carbocycles. The van der Waals surface area contributed by atoms with Crippen molar-refractivity contribution >= 4 is 17.5 Å². The fourth-order valence-electron chi connectivity index (χ4n) is 1.77. The molecule has 0 unspecified atom stereocenters. The molecular formula is C16H15FN2O3. The molecule has 0 atom stereocenters. The zero-order chi connectivity index (χ0) is 15.9. The summed E-state index contributed by atoms with van der Waals surface area (Å²) in [6.07, 6.45) is 0. The predicted octanol–water partition coefficient (Wildman–Crippen LogP) is 2.09. The Bertz CT molecular complexity index is 671. The van der Waals surface area contributed by atoms with E-state index in [2.05, 4.69) is 10.6 Å². The molecule has 2 aromatic rings. The number of halogens is 1. The summed E-state index contributed by atoms with van der Waals surface area (Å²) in [7, 11) is 1.55. The van der Waals surface area contributed by atoms with Gasteiger partial charge >= 0.3 is 11.8 Å². The zero-order valence-corrected chi connectivity index (χ0v) is 11.9. The lowest BCUT2D eigenvalue weighted by molar-refractivity contribution is -0.136. The van der Waals surface area contributed by atoms with Crippen molar-refractivity contribution in [2.24, 2.45) is 0 Å². The van der Waals surface area contributed by atoms with Crippen molar-refractivity contribution in [3.8, 4) is 5.75 Å². The van der Waals surface area contributed by atoms with Crippen LogP contribution in [-0.2, 0) is 16.1 Å². The zero-order valence-electron chi connectivity index (χ0n) is 11.9. The molecule has 0 saturated carbocycles. The Kier molecular flexibility index (Phi) is 5.08. The molecule has 2 N–H and O–H groups in total. The van der Waals surface area contributed by atoms with Gasteiger partial charge in [-0.15, -0.1) is 0 Å². The third kappa shape index (κ3) is 4.31. The van der Waals surface area contributed by atoms with Crippen molar-refractivity contribution < 1.29 is 18.7 Å². The maximum atomic E-state index is 12.8. The average Bonchev–Trinajstić information content (AvgIpc) is 2.54. The topological polar surface area (TPSA) is 67.4 Å². The van der Waals surface area contributed by atoms with E-state index in [1.807, 2.05) is 0 Å². The molecule has 0 aliphatic heterocycles. The summed E-state index contributed by atoms with van der Waals surface area (Å²) < 4.78 is 17.8. The Labute approximate surface area is 127 Å². The predicted molar refractivity (Wildman–Crippen MR) is 79.9 cm³/mol. The van der Waals surface area contributed by atoms with Gasteiger partial charge in [-0.05, 0) is 42.0 Å². The highest BCUT2D eigenvalue weighted by Gasteiger charge is 2.13. The highest BCUT2D eigenvalue weighted by molar-refractivity contribution is 6.39. The van der Waals surface area contributed by atoms with Crippen LogP contribution >= 0.6 is 0 Å². The molecule has 0 radical (unpaired) electrons. The lowest BCUT2D eigenvalue weighted by Crippen LogP contribution is -2.34. The van der Waals surface area contributed by atoms with E-state index in [1.165, 1.54) is 24.3 Å². The second-order valence-electron chi connectivity index (χ2n) is 4.50. The smallest absolute Gasteiger partial charge is 0.313 e. The van der Waals surface area contributed by atoms with Crippen LogP contribution in [-0.4, -0.2) is 18.9 Å². The highest BCUT2D eigenvalue weighted by Crippen LogP contribution is 2.12. The molecule has 5 nitrogen and oxygen atoms in total. The lowest BCUT2D eigenvalue weighted by atomic mass is 10.2. The maximum absolute atomic E-state index is 12.8. The highest BCUT2D eigenvalue weighted by atomic mass is 19.1. The summed E-state index contributed by atoms with van der Waals surface area (Å²) >= 11 is 0. The summed E-state index contributed by atoms with van der Waals surface area (Å²) in [6.45, 7) is 0.201. The van der Waals surface area contributed by atoms with Gasteiger partial charge in [0, 0.05) is 12.2 Å². The summed E-state index contributed by atoms with van der Waals surface area (Å²) in [4.78, 5) is 23.4. The Morgan fingerprint density at radius 2 is 1.82 bits per heavy atom. The number of methoxy groups -OCH3 is 1. The Morgan fingerprint density at radius 3 is 2.50 bits per heavy atom. The monoisotopic (exact) mass is 302 g/mol. The first-order chi connectivity index (χ1) is 10.6. The molecule has 0 aromatic heterocycles. The second-order valence-corrected chi connectivity index (χ2v) is 4.50. The second kappa shape index (κ2) is 7.21.